The zero-order valence-electron chi connectivity index (χ0n) is 11.9. The molecule has 4 heteroatoms. The van der Waals surface area contributed by atoms with Crippen LogP contribution in [0.3, 0.4) is 0 Å². The lowest BCUT2D eigenvalue weighted by atomic mass is 9.85. The summed E-state index contributed by atoms with van der Waals surface area (Å²) in [6.07, 6.45) is 0. The van der Waals surface area contributed by atoms with Gasteiger partial charge in [0.15, 0.2) is 0 Å². The summed E-state index contributed by atoms with van der Waals surface area (Å²) in [5, 5.41) is 7.25. The molecule has 0 fully saturated rings. The van der Waals surface area contributed by atoms with Gasteiger partial charge in [-0.25, -0.2) is 0 Å². The molecule has 0 aromatic carbocycles. The van der Waals surface area contributed by atoms with E-state index in [4.69, 9.17) is 0 Å². The largest absolute Gasteiger partial charge is 1.00 e. The standard InChI is InChI=1S/C13H25N3.HI/c1-12(2,3)9-7-16-8-10(13(4,5)6)15-11(16)14-9;/h9-10H,7-8H2,1-6H3,(H,14,15);1H/t9-,10-;/m0./s1. The lowest BCUT2D eigenvalue weighted by Gasteiger charge is -2.28. The second-order valence-corrected chi connectivity index (χ2v) is 7.38. The highest BCUT2D eigenvalue weighted by atomic mass is 127. The zero-order chi connectivity index (χ0) is 12.1. The Hall–Kier alpha value is 0. The number of nitrogens with zero attached hydrogens (tertiary/aromatic N) is 1. The SMILES string of the molecule is CC(C)(C)[C@@H]1C[N+]2=C(N1)N[C@H](C(C)(C)C)C2.[I-]. The Balaban J connectivity index is 0.00000144. The number of guanidine groups is 1. The summed E-state index contributed by atoms with van der Waals surface area (Å²) < 4.78 is 2.46. The molecule has 0 aliphatic carbocycles. The van der Waals surface area contributed by atoms with Crippen LogP contribution in [0.1, 0.15) is 41.5 Å². The van der Waals surface area contributed by atoms with Crippen molar-refractivity contribution in [3.8, 4) is 0 Å². The summed E-state index contributed by atoms with van der Waals surface area (Å²) in [4.78, 5) is 0. The van der Waals surface area contributed by atoms with Crippen LogP contribution in [0.25, 0.3) is 0 Å². The highest BCUT2D eigenvalue weighted by Gasteiger charge is 2.45. The maximum Gasteiger partial charge on any atom is 0.346 e. The van der Waals surface area contributed by atoms with Gasteiger partial charge in [0.05, 0.1) is 0 Å². The van der Waals surface area contributed by atoms with Gasteiger partial charge in [0.25, 0.3) is 0 Å². The van der Waals surface area contributed by atoms with Gasteiger partial charge in [-0.2, -0.15) is 0 Å². The molecular formula is C13H26IN3. The first-order valence-electron chi connectivity index (χ1n) is 6.33. The normalized spacial score (nSPS) is 28.4. The molecule has 2 atom stereocenters. The Bertz CT molecular complexity index is 275. The van der Waals surface area contributed by atoms with Crippen molar-refractivity contribution in [1.82, 2.24) is 10.6 Å². The number of nitrogens with one attached hydrogen (secondary N) is 2. The highest BCUT2D eigenvalue weighted by Crippen LogP contribution is 2.26. The summed E-state index contributed by atoms with van der Waals surface area (Å²) in [6.45, 7) is 16.1. The van der Waals surface area contributed by atoms with Crippen molar-refractivity contribution in [3.05, 3.63) is 0 Å². The number of hydrogen-bond donors (Lipinski definition) is 2. The number of hydrogen-bond acceptors (Lipinski definition) is 2. The zero-order valence-corrected chi connectivity index (χ0v) is 14.1. The van der Waals surface area contributed by atoms with E-state index >= 15 is 0 Å². The third-order valence-corrected chi connectivity index (χ3v) is 3.83. The fourth-order valence-corrected chi connectivity index (χ4v) is 2.32. The first-order valence-corrected chi connectivity index (χ1v) is 6.33. The third kappa shape index (κ3) is 3.06. The fraction of sp³-hybridized carbons (Fsp3) is 0.923. The molecule has 2 N–H and O–H groups in total. The smallest absolute Gasteiger partial charge is 0.346 e. The molecular weight excluding hydrogens is 325 g/mol. The first kappa shape index (κ1) is 15.1. The minimum atomic E-state index is 0. The summed E-state index contributed by atoms with van der Waals surface area (Å²) in [5.41, 5.74) is 0.659. The van der Waals surface area contributed by atoms with E-state index in [1.54, 1.807) is 0 Å². The Kier molecular flexibility index (Phi) is 4.07. The monoisotopic (exact) mass is 351 g/mol. The predicted octanol–water partition coefficient (Wildman–Crippen LogP) is -1.61. The van der Waals surface area contributed by atoms with Gasteiger partial charge < -0.3 is 24.0 Å². The van der Waals surface area contributed by atoms with Crippen molar-refractivity contribution in [2.24, 2.45) is 10.8 Å². The van der Waals surface area contributed by atoms with Crippen molar-refractivity contribution in [2.45, 2.75) is 53.6 Å². The van der Waals surface area contributed by atoms with Crippen LogP contribution >= 0.6 is 0 Å². The van der Waals surface area contributed by atoms with Crippen LogP contribution in [0.4, 0.5) is 0 Å². The minimum absolute atomic E-state index is 0. The summed E-state index contributed by atoms with van der Waals surface area (Å²) in [7, 11) is 0. The Morgan fingerprint density at radius 2 is 1.24 bits per heavy atom. The van der Waals surface area contributed by atoms with Crippen molar-refractivity contribution in [2.75, 3.05) is 13.1 Å². The van der Waals surface area contributed by atoms with Crippen LogP contribution in [0, 0.1) is 10.8 Å². The second kappa shape index (κ2) is 4.59. The molecule has 2 aliphatic rings. The maximum absolute atomic E-state index is 3.63. The summed E-state index contributed by atoms with van der Waals surface area (Å²) >= 11 is 0. The molecule has 3 nitrogen and oxygen atoms in total. The van der Waals surface area contributed by atoms with E-state index in [-0.39, 0.29) is 24.0 Å². The van der Waals surface area contributed by atoms with Crippen LogP contribution < -0.4 is 34.6 Å². The van der Waals surface area contributed by atoms with Gasteiger partial charge >= 0.3 is 5.96 Å². The molecule has 0 aromatic heterocycles. The molecule has 0 unspecified atom stereocenters. The van der Waals surface area contributed by atoms with E-state index in [0.29, 0.717) is 22.9 Å². The van der Waals surface area contributed by atoms with Crippen molar-refractivity contribution >= 4 is 5.96 Å². The van der Waals surface area contributed by atoms with E-state index in [1.807, 2.05) is 0 Å². The average Bonchev–Trinajstić information content (AvgIpc) is 2.53. The molecule has 0 saturated heterocycles. The molecule has 2 heterocycles. The van der Waals surface area contributed by atoms with Crippen LogP contribution in [0.5, 0.6) is 0 Å². The van der Waals surface area contributed by atoms with Gasteiger partial charge in [0, 0.05) is 0 Å². The third-order valence-electron chi connectivity index (χ3n) is 3.83. The summed E-state index contributed by atoms with van der Waals surface area (Å²) in [6, 6.07) is 1.13. The highest BCUT2D eigenvalue weighted by molar-refractivity contribution is 5.78. The van der Waals surface area contributed by atoms with E-state index < -0.39 is 0 Å². The minimum Gasteiger partial charge on any atom is -1.00 e. The number of halogens is 1. The van der Waals surface area contributed by atoms with E-state index in [0.717, 1.165) is 13.1 Å². The molecule has 100 valence electrons. The maximum atomic E-state index is 3.63. The molecule has 0 bridgehead atoms. The van der Waals surface area contributed by atoms with Crippen LogP contribution in [-0.2, 0) is 0 Å². The molecule has 0 saturated carbocycles. The molecule has 2 aliphatic heterocycles. The average molecular weight is 351 g/mol. The van der Waals surface area contributed by atoms with Gasteiger partial charge in [-0.3, -0.25) is 15.2 Å². The van der Waals surface area contributed by atoms with Gasteiger partial charge in [-0.15, -0.1) is 0 Å². The predicted molar refractivity (Wildman–Crippen MR) is 67.8 cm³/mol. The van der Waals surface area contributed by atoms with Gasteiger partial charge in [-0.05, 0) is 10.8 Å². The molecule has 0 spiro atoms. The first-order chi connectivity index (χ1) is 7.18. The van der Waals surface area contributed by atoms with Crippen molar-refractivity contribution < 1.29 is 28.6 Å². The van der Waals surface area contributed by atoms with Gasteiger partial charge in [-0.1, -0.05) is 41.5 Å². The van der Waals surface area contributed by atoms with Crippen LogP contribution in [0.2, 0.25) is 0 Å². The van der Waals surface area contributed by atoms with Gasteiger partial charge in [0.1, 0.15) is 25.2 Å². The second-order valence-electron chi connectivity index (χ2n) is 7.38. The fourth-order valence-electron chi connectivity index (χ4n) is 2.32. The number of rotatable bonds is 0. The molecule has 0 radical (unpaired) electrons. The Morgan fingerprint density at radius 1 is 0.882 bits per heavy atom. The molecule has 0 aromatic rings. The topological polar surface area (TPSA) is 27.1 Å². The van der Waals surface area contributed by atoms with Crippen LogP contribution in [0.15, 0.2) is 0 Å². The Labute approximate surface area is 122 Å². The molecule has 2 rings (SSSR count). The van der Waals surface area contributed by atoms with Crippen molar-refractivity contribution in [1.29, 1.82) is 0 Å². The quantitative estimate of drug-likeness (QED) is 0.406. The van der Waals surface area contributed by atoms with Gasteiger partial charge in [0.2, 0.25) is 0 Å². The van der Waals surface area contributed by atoms with E-state index in [2.05, 4.69) is 56.8 Å². The van der Waals surface area contributed by atoms with Crippen LogP contribution in [-0.4, -0.2) is 35.7 Å². The summed E-state index contributed by atoms with van der Waals surface area (Å²) in [5.74, 6) is 1.25. The van der Waals surface area contributed by atoms with E-state index in [1.165, 1.54) is 5.96 Å². The lowest BCUT2D eigenvalue weighted by Crippen LogP contribution is -3.00. The van der Waals surface area contributed by atoms with E-state index in [9.17, 15) is 0 Å². The van der Waals surface area contributed by atoms with Crippen molar-refractivity contribution in [3.63, 3.8) is 0 Å². The molecule has 0 amide bonds. The lowest BCUT2D eigenvalue weighted by molar-refractivity contribution is -0.518. The molecule has 17 heavy (non-hydrogen) atoms. The Morgan fingerprint density at radius 3 is 1.47 bits per heavy atom.